The Labute approximate surface area is 129 Å². The van der Waals surface area contributed by atoms with E-state index in [9.17, 15) is 17.6 Å². The first kappa shape index (κ1) is 18.4. The van der Waals surface area contributed by atoms with E-state index in [0.717, 1.165) is 6.42 Å². The fourth-order valence-corrected chi connectivity index (χ4v) is 2.37. The molecular weight excluding hydrogens is 358 g/mol. The number of rotatable bonds is 9. The van der Waals surface area contributed by atoms with Crippen LogP contribution in [0.25, 0.3) is 0 Å². The van der Waals surface area contributed by atoms with Gasteiger partial charge in [-0.3, -0.25) is 4.68 Å². The largest absolute Gasteiger partial charge is 0.373 e. The van der Waals surface area contributed by atoms with Gasteiger partial charge in [-0.1, -0.05) is 6.92 Å². The Bertz CT molecular complexity index is 423. The predicted molar refractivity (Wildman–Crippen MR) is 73.7 cm³/mol. The summed E-state index contributed by atoms with van der Waals surface area (Å²) in [6.45, 7) is 1.12. The lowest BCUT2D eigenvalue weighted by Gasteiger charge is -2.21. The highest BCUT2D eigenvalue weighted by molar-refractivity contribution is 9.10. The van der Waals surface area contributed by atoms with E-state index in [1.807, 2.05) is 6.92 Å². The lowest BCUT2D eigenvalue weighted by Crippen LogP contribution is -2.35. The molecule has 0 aliphatic rings. The van der Waals surface area contributed by atoms with Crippen molar-refractivity contribution in [3.8, 4) is 0 Å². The molecule has 0 saturated carbocycles. The fourth-order valence-electron chi connectivity index (χ4n) is 1.74. The quantitative estimate of drug-likeness (QED) is 0.674. The van der Waals surface area contributed by atoms with Gasteiger partial charge in [0.15, 0.2) is 0 Å². The summed E-state index contributed by atoms with van der Waals surface area (Å²) >= 11 is 3.32. The molecule has 1 unspecified atom stereocenters. The van der Waals surface area contributed by atoms with Crippen molar-refractivity contribution < 1.29 is 22.3 Å². The maximum atomic E-state index is 12.8. The monoisotopic (exact) mass is 375 g/mol. The molecular formula is C12H18BrF4N3O. The van der Waals surface area contributed by atoms with Crippen molar-refractivity contribution in [1.82, 2.24) is 15.1 Å². The Morgan fingerprint density at radius 2 is 2.14 bits per heavy atom. The first-order valence-corrected chi connectivity index (χ1v) is 7.23. The third kappa shape index (κ3) is 5.23. The van der Waals surface area contributed by atoms with Crippen LogP contribution < -0.4 is 5.32 Å². The minimum absolute atomic E-state index is 0.152. The summed E-state index contributed by atoms with van der Waals surface area (Å²) in [5.74, 6) is -4.14. The first-order chi connectivity index (χ1) is 9.79. The van der Waals surface area contributed by atoms with Gasteiger partial charge in [-0.2, -0.15) is 13.9 Å². The molecule has 122 valence electrons. The van der Waals surface area contributed by atoms with Crippen molar-refractivity contribution in [3.05, 3.63) is 16.4 Å². The zero-order valence-corrected chi connectivity index (χ0v) is 13.3. The smallest absolute Gasteiger partial charge is 0.330 e. The van der Waals surface area contributed by atoms with E-state index in [1.165, 1.54) is 0 Å². The van der Waals surface area contributed by atoms with Gasteiger partial charge in [-0.05, 0) is 28.9 Å². The maximum absolute atomic E-state index is 12.8. The Kier molecular flexibility index (Phi) is 7.08. The van der Waals surface area contributed by atoms with Crippen molar-refractivity contribution in [1.29, 1.82) is 0 Å². The average Bonchev–Trinajstić information content (AvgIpc) is 2.73. The summed E-state index contributed by atoms with van der Waals surface area (Å²) in [6.07, 6.45) is -1.33. The number of aryl methyl sites for hydroxylation is 1. The lowest BCUT2D eigenvalue weighted by atomic mass is 10.2. The van der Waals surface area contributed by atoms with Crippen molar-refractivity contribution >= 4 is 15.9 Å². The number of nitrogens with zero attached hydrogens (tertiary/aromatic N) is 2. The first-order valence-electron chi connectivity index (χ1n) is 6.44. The van der Waals surface area contributed by atoms with Gasteiger partial charge in [-0.15, -0.1) is 0 Å². The molecule has 0 aliphatic carbocycles. The van der Waals surface area contributed by atoms with Crippen LogP contribution in [0.4, 0.5) is 17.6 Å². The molecule has 1 aromatic heterocycles. The number of ether oxygens (including phenoxy) is 1. The van der Waals surface area contributed by atoms with Crippen LogP contribution in [0.2, 0.25) is 0 Å². The van der Waals surface area contributed by atoms with Gasteiger partial charge in [0.25, 0.3) is 0 Å². The number of hydrogen-bond donors (Lipinski definition) is 1. The molecule has 0 spiro atoms. The molecule has 21 heavy (non-hydrogen) atoms. The van der Waals surface area contributed by atoms with E-state index >= 15 is 0 Å². The Morgan fingerprint density at radius 1 is 1.48 bits per heavy atom. The fraction of sp³-hybridized carbons (Fsp3) is 0.750. The third-order valence-corrected chi connectivity index (χ3v) is 3.42. The van der Waals surface area contributed by atoms with Gasteiger partial charge >= 0.3 is 12.3 Å². The highest BCUT2D eigenvalue weighted by Gasteiger charge is 2.41. The van der Waals surface area contributed by atoms with Crippen LogP contribution in [0.3, 0.4) is 0 Å². The number of nitrogens with one attached hydrogen (secondary N) is 1. The van der Waals surface area contributed by atoms with E-state index in [4.69, 9.17) is 4.74 Å². The summed E-state index contributed by atoms with van der Waals surface area (Å²) in [6, 6.07) is -0.416. The zero-order valence-electron chi connectivity index (χ0n) is 11.8. The molecule has 4 nitrogen and oxygen atoms in total. The van der Waals surface area contributed by atoms with Crippen LogP contribution in [0.5, 0.6) is 0 Å². The predicted octanol–water partition coefficient (Wildman–Crippen LogP) is 3.14. The van der Waals surface area contributed by atoms with Gasteiger partial charge in [0.1, 0.15) is 6.61 Å². The van der Waals surface area contributed by atoms with Gasteiger partial charge in [0.2, 0.25) is 0 Å². The Balaban J connectivity index is 2.68. The molecule has 0 saturated heterocycles. The number of alkyl halides is 4. The van der Waals surface area contributed by atoms with Gasteiger partial charge in [-0.25, -0.2) is 8.78 Å². The zero-order chi connectivity index (χ0) is 16.0. The molecule has 0 aliphatic heterocycles. The van der Waals surface area contributed by atoms with Crippen molar-refractivity contribution in [2.75, 3.05) is 19.8 Å². The topological polar surface area (TPSA) is 39.1 Å². The van der Waals surface area contributed by atoms with Crippen molar-refractivity contribution in [2.45, 2.75) is 31.7 Å². The molecule has 0 fully saturated rings. The standard InChI is InChI=1S/C12H18BrF4N3O/c1-3-4-18-9(10-8(13)5-19-20(10)2)6-21-7-12(16,17)11(14)15/h5,9,11,18H,3-4,6-7H2,1-2H3. The number of aromatic nitrogens is 2. The molecule has 0 amide bonds. The number of halogens is 5. The van der Waals surface area contributed by atoms with Crippen LogP contribution in [0.1, 0.15) is 25.1 Å². The van der Waals surface area contributed by atoms with E-state index in [2.05, 4.69) is 26.3 Å². The lowest BCUT2D eigenvalue weighted by molar-refractivity contribution is -0.167. The van der Waals surface area contributed by atoms with Gasteiger partial charge < -0.3 is 10.1 Å². The molecule has 0 aromatic carbocycles. The summed E-state index contributed by atoms with van der Waals surface area (Å²) in [5, 5.41) is 7.16. The Morgan fingerprint density at radius 3 is 2.62 bits per heavy atom. The van der Waals surface area contributed by atoms with E-state index in [1.54, 1.807) is 17.9 Å². The summed E-state index contributed by atoms with van der Waals surface area (Å²) in [4.78, 5) is 0. The normalized spacial score (nSPS) is 13.9. The second-order valence-electron chi connectivity index (χ2n) is 4.58. The van der Waals surface area contributed by atoms with E-state index < -0.39 is 25.0 Å². The van der Waals surface area contributed by atoms with Gasteiger partial charge in [0, 0.05) is 7.05 Å². The summed E-state index contributed by atoms with van der Waals surface area (Å²) in [7, 11) is 1.70. The summed E-state index contributed by atoms with van der Waals surface area (Å²) in [5.41, 5.74) is 0.712. The molecule has 1 heterocycles. The molecule has 0 bridgehead atoms. The molecule has 1 N–H and O–H groups in total. The second kappa shape index (κ2) is 8.09. The van der Waals surface area contributed by atoms with Crippen molar-refractivity contribution in [2.24, 2.45) is 7.05 Å². The van der Waals surface area contributed by atoms with Crippen LogP contribution in [-0.4, -0.2) is 41.9 Å². The van der Waals surface area contributed by atoms with Crippen molar-refractivity contribution in [3.63, 3.8) is 0 Å². The Hall–Kier alpha value is -0.670. The second-order valence-corrected chi connectivity index (χ2v) is 5.44. The molecule has 1 aromatic rings. The number of hydrogen-bond acceptors (Lipinski definition) is 3. The van der Waals surface area contributed by atoms with E-state index in [-0.39, 0.29) is 6.61 Å². The minimum Gasteiger partial charge on any atom is -0.373 e. The van der Waals surface area contributed by atoms with E-state index in [0.29, 0.717) is 16.7 Å². The van der Waals surface area contributed by atoms with Crippen LogP contribution >= 0.6 is 15.9 Å². The maximum Gasteiger partial charge on any atom is 0.330 e. The molecule has 9 heteroatoms. The molecule has 0 radical (unpaired) electrons. The van der Waals surface area contributed by atoms with Gasteiger partial charge in [0.05, 0.1) is 29.0 Å². The SMILES string of the molecule is CCCNC(COCC(F)(F)C(F)F)c1c(Br)cnn1C. The molecule has 1 rings (SSSR count). The van der Waals surface area contributed by atoms with Crippen LogP contribution in [0.15, 0.2) is 10.7 Å². The molecule has 1 atom stereocenters. The minimum atomic E-state index is -4.14. The van der Waals surface area contributed by atoms with Crippen LogP contribution in [-0.2, 0) is 11.8 Å². The third-order valence-electron chi connectivity index (χ3n) is 2.81. The van der Waals surface area contributed by atoms with Crippen LogP contribution in [0, 0.1) is 0 Å². The highest BCUT2D eigenvalue weighted by atomic mass is 79.9. The average molecular weight is 376 g/mol. The summed E-state index contributed by atoms with van der Waals surface area (Å²) < 4.78 is 56.9. The highest BCUT2D eigenvalue weighted by Crippen LogP contribution is 2.26.